The van der Waals surface area contributed by atoms with Gasteiger partial charge in [-0.05, 0) is 32.2 Å². The molecule has 3 nitrogen and oxygen atoms in total. The lowest BCUT2D eigenvalue weighted by molar-refractivity contribution is -0.00277. The van der Waals surface area contributed by atoms with Crippen LogP contribution in [0.15, 0.2) is 11.6 Å². The van der Waals surface area contributed by atoms with Gasteiger partial charge < -0.3 is 4.74 Å². The largest absolute Gasteiger partial charge is 0.374 e. The molecular weight excluding hydrogens is 220 g/mol. The van der Waals surface area contributed by atoms with Crippen molar-refractivity contribution in [1.82, 2.24) is 9.88 Å². The van der Waals surface area contributed by atoms with Crippen LogP contribution in [0.1, 0.15) is 24.8 Å². The number of rotatable bonds is 2. The summed E-state index contributed by atoms with van der Waals surface area (Å²) in [5, 5.41) is 3.28. The fraction of sp³-hybridized carbons (Fsp3) is 0.750. The molecule has 2 fully saturated rings. The van der Waals surface area contributed by atoms with Gasteiger partial charge in [0.15, 0.2) is 0 Å². The molecule has 1 aromatic rings. The van der Waals surface area contributed by atoms with E-state index in [0.717, 1.165) is 19.0 Å². The Labute approximate surface area is 100 Å². The molecule has 0 spiro atoms. The maximum Gasteiger partial charge on any atom is 0.107 e. The van der Waals surface area contributed by atoms with Crippen LogP contribution in [0.4, 0.5) is 0 Å². The van der Waals surface area contributed by atoms with Gasteiger partial charge in [-0.3, -0.25) is 4.90 Å². The molecule has 3 rings (SSSR count). The molecule has 0 bridgehead atoms. The third-order valence-electron chi connectivity index (χ3n) is 3.66. The van der Waals surface area contributed by atoms with Gasteiger partial charge in [0.05, 0.1) is 18.8 Å². The van der Waals surface area contributed by atoms with Crippen molar-refractivity contribution < 1.29 is 4.74 Å². The highest BCUT2D eigenvalue weighted by Gasteiger charge is 2.37. The van der Waals surface area contributed by atoms with Crippen molar-refractivity contribution in [2.24, 2.45) is 5.92 Å². The molecule has 0 aliphatic carbocycles. The van der Waals surface area contributed by atoms with Gasteiger partial charge in [0.25, 0.3) is 0 Å². The van der Waals surface area contributed by atoms with Gasteiger partial charge in [-0.1, -0.05) is 0 Å². The van der Waals surface area contributed by atoms with Gasteiger partial charge in [0.2, 0.25) is 0 Å². The van der Waals surface area contributed by atoms with Crippen LogP contribution in [0, 0.1) is 5.92 Å². The fourth-order valence-electron chi connectivity index (χ4n) is 2.90. The number of fused-ring (bicyclic) bond motifs is 1. The van der Waals surface area contributed by atoms with Crippen LogP contribution in [-0.4, -0.2) is 35.2 Å². The summed E-state index contributed by atoms with van der Waals surface area (Å²) in [6.07, 6.45) is 5.38. The second kappa shape index (κ2) is 4.43. The lowest BCUT2D eigenvalue weighted by Gasteiger charge is -2.33. The van der Waals surface area contributed by atoms with Gasteiger partial charge in [-0.2, -0.15) is 0 Å². The van der Waals surface area contributed by atoms with Crippen LogP contribution < -0.4 is 0 Å². The molecule has 1 aromatic heterocycles. The minimum atomic E-state index is 0.467. The van der Waals surface area contributed by atoms with Crippen molar-refractivity contribution in [3.05, 3.63) is 16.6 Å². The standard InChI is InChI=1S/C12H18N2OS/c1-9-6-10-2-4-14(7-11(10)15-9)8-12-13-3-5-16-12/h3,5,9-11H,2,4,6-8H2,1H3/t9-,10+,11-/m1/s1. The summed E-state index contributed by atoms with van der Waals surface area (Å²) in [5.74, 6) is 0.808. The summed E-state index contributed by atoms with van der Waals surface area (Å²) < 4.78 is 5.96. The predicted molar refractivity (Wildman–Crippen MR) is 64.5 cm³/mol. The summed E-state index contributed by atoms with van der Waals surface area (Å²) >= 11 is 1.75. The zero-order chi connectivity index (χ0) is 11.0. The smallest absolute Gasteiger partial charge is 0.107 e. The monoisotopic (exact) mass is 238 g/mol. The average molecular weight is 238 g/mol. The van der Waals surface area contributed by atoms with Crippen molar-refractivity contribution in [3.8, 4) is 0 Å². The summed E-state index contributed by atoms with van der Waals surface area (Å²) in [5.41, 5.74) is 0. The van der Waals surface area contributed by atoms with Gasteiger partial charge in [-0.25, -0.2) is 4.98 Å². The highest BCUT2D eigenvalue weighted by Crippen LogP contribution is 2.33. The van der Waals surface area contributed by atoms with Crippen molar-refractivity contribution in [2.75, 3.05) is 13.1 Å². The molecule has 0 radical (unpaired) electrons. The van der Waals surface area contributed by atoms with Gasteiger partial charge >= 0.3 is 0 Å². The Morgan fingerprint density at radius 2 is 2.56 bits per heavy atom. The van der Waals surface area contributed by atoms with Crippen molar-refractivity contribution in [2.45, 2.75) is 38.5 Å². The molecule has 3 atom stereocenters. The highest BCUT2D eigenvalue weighted by atomic mass is 32.1. The van der Waals surface area contributed by atoms with Crippen LogP contribution in [0.25, 0.3) is 0 Å². The first-order valence-electron chi connectivity index (χ1n) is 6.07. The molecule has 2 aliphatic rings. The minimum Gasteiger partial charge on any atom is -0.374 e. The van der Waals surface area contributed by atoms with E-state index in [1.54, 1.807) is 11.3 Å². The van der Waals surface area contributed by atoms with Crippen molar-refractivity contribution >= 4 is 11.3 Å². The normalized spacial score (nSPS) is 35.2. The molecule has 2 saturated heterocycles. The number of thiazole rings is 1. The Bertz CT molecular complexity index is 341. The molecule has 0 N–H and O–H groups in total. The van der Waals surface area contributed by atoms with Gasteiger partial charge in [-0.15, -0.1) is 11.3 Å². The Hall–Kier alpha value is -0.450. The number of aromatic nitrogens is 1. The second-order valence-electron chi connectivity index (χ2n) is 4.93. The van der Waals surface area contributed by atoms with Crippen LogP contribution in [0.3, 0.4) is 0 Å². The number of hydrogen-bond acceptors (Lipinski definition) is 4. The number of hydrogen-bond donors (Lipinski definition) is 0. The molecular formula is C12H18N2OS. The van der Waals surface area contributed by atoms with E-state index in [4.69, 9.17) is 4.74 Å². The Morgan fingerprint density at radius 3 is 3.38 bits per heavy atom. The molecule has 88 valence electrons. The second-order valence-corrected chi connectivity index (χ2v) is 5.91. The summed E-state index contributed by atoms with van der Waals surface area (Å²) in [7, 11) is 0. The maximum absolute atomic E-state index is 5.96. The molecule has 2 aliphatic heterocycles. The van der Waals surface area contributed by atoms with E-state index in [-0.39, 0.29) is 0 Å². The molecule has 16 heavy (non-hydrogen) atoms. The van der Waals surface area contributed by atoms with E-state index in [1.165, 1.54) is 24.4 Å². The SMILES string of the molecule is C[C@@H]1C[C@@H]2CCN(Cc3nccs3)C[C@H]2O1. The first kappa shape index (κ1) is 10.7. The topological polar surface area (TPSA) is 25.4 Å². The molecule has 4 heteroatoms. The Morgan fingerprint density at radius 1 is 1.62 bits per heavy atom. The zero-order valence-electron chi connectivity index (χ0n) is 9.63. The predicted octanol–water partition coefficient (Wildman–Crippen LogP) is 2.14. The van der Waals surface area contributed by atoms with Crippen LogP contribution in [0.5, 0.6) is 0 Å². The molecule has 0 unspecified atom stereocenters. The lowest BCUT2D eigenvalue weighted by Crippen LogP contribution is -2.41. The van der Waals surface area contributed by atoms with Gasteiger partial charge in [0.1, 0.15) is 5.01 Å². The van der Waals surface area contributed by atoms with E-state index >= 15 is 0 Å². The quantitative estimate of drug-likeness (QED) is 0.789. The minimum absolute atomic E-state index is 0.467. The summed E-state index contributed by atoms with van der Waals surface area (Å²) in [6, 6.07) is 0. The van der Waals surface area contributed by atoms with E-state index < -0.39 is 0 Å². The van der Waals surface area contributed by atoms with E-state index in [9.17, 15) is 0 Å². The van der Waals surface area contributed by atoms with Crippen molar-refractivity contribution in [1.29, 1.82) is 0 Å². The Kier molecular flexibility index (Phi) is 2.96. The summed E-state index contributed by atoms with van der Waals surface area (Å²) in [6.45, 7) is 5.49. The maximum atomic E-state index is 5.96. The van der Waals surface area contributed by atoms with E-state index in [1.807, 2.05) is 6.20 Å². The average Bonchev–Trinajstić information content (AvgIpc) is 2.85. The molecule has 0 amide bonds. The number of piperidine rings is 1. The summed E-state index contributed by atoms with van der Waals surface area (Å²) in [4.78, 5) is 6.83. The third kappa shape index (κ3) is 2.14. The highest BCUT2D eigenvalue weighted by molar-refractivity contribution is 7.09. The van der Waals surface area contributed by atoms with Crippen LogP contribution in [-0.2, 0) is 11.3 Å². The Balaban J connectivity index is 1.59. The first-order chi connectivity index (χ1) is 7.81. The molecule has 0 saturated carbocycles. The fourth-order valence-corrected chi connectivity index (χ4v) is 3.56. The van der Waals surface area contributed by atoms with E-state index in [2.05, 4.69) is 22.2 Å². The first-order valence-corrected chi connectivity index (χ1v) is 6.95. The zero-order valence-corrected chi connectivity index (χ0v) is 10.4. The third-order valence-corrected chi connectivity index (χ3v) is 4.43. The van der Waals surface area contributed by atoms with Gasteiger partial charge in [0, 0.05) is 18.1 Å². The number of nitrogens with zero attached hydrogens (tertiary/aromatic N) is 2. The number of likely N-dealkylation sites (tertiary alicyclic amines) is 1. The van der Waals surface area contributed by atoms with Crippen molar-refractivity contribution in [3.63, 3.8) is 0 Å². The van der Waals surface area contributed by atoms with Crippen LogP contribution >= 0.6 is 11.3 Å². The number of ether oxygens (including phenoxy) is 1. The van der Waals surface area contributed by atoms with Crippen LogP contribution in [0.2, 0.25) is 0 Å². The molecule has 0 aromatic carbocycles. The lowest BCUT2D eigenvalue weighted by atomic mass is 9.92. The molecule has 3 heterocycles. The van der Waals surface area contributed by atoms with E-state index in [0.29, 0.717) is 12.2 Å².